The van der Waals surface area contributed by atoms with Gasteiger partial charge in [0.15, 0.2) is 11.5 Å². The van der Waals surface area contributed by atoms with Crippen molar-refractivity contribution in [3.63, 3.8) is 0 Å². The predicted molar refractivity (Wildman–Crippen MR) is 101 cm³/mol. The van der Waals surface area contributed by atoms with Gasteiger partial charge in [-0.25, -0.2) is 14.4 Å². The van der Waals surface area contributed by atoms with Crippen LogP contribution in [0.3, 0.4) is 0 Å². The van der Waals surface area contributed by atoms with Crippen molar-refractivity contribution in [2.45, 2.75) is 27.7 Å². The molecule has 6 nitrogen and oxygen atoms in total. The minimum atomic E-state index is -0.352. The topological polar surface area (TPSA) is 70.9 Å². The molecule has 26 heavy (non-hydrogen) atoms. The standard InChI is InChI=1S/C19H21FN6/c1-11-8-26-9-12(5-15(20)17(26)24-11)13-6-21-16-14(13)7-22-18(25-16)23-10-19(2,3)4/h5-9H,10H2,1-4H3,(H2,21,22,23,25). The molecule has 0 aliphatic heterocycles. The third-order valence-electron chi connectivity index (χ3n) is 4.15. The molecule has 0 fully saturated rings. The number of H-pyrrole nitrogens is 1. The van der Waals surface area contributed by atoms with E-state index in [0.29, 0.717) is 17.2 Å². The lowest BCUT2D eigenvalue weighted by Crippen LogP contribution is -2.20. The molecule has 0 aliphatic carbocycles. The molecule has 0 saturated carbocycles. The van der Waals surface area contributed by atoms with E-state index in [1.165, 1.54) is 6.07 Å². The van der Waals surface area contributed by atoms with E-state index in [-0.39, 0.29) is 11.2 Å². The third kappa shape index (κ3) is 3.00. The van der Waals surface area contributed by atoms with Gasteiger partial charge in [-0.1, -0.05) is 20.8 Å². The zero-order chi connectivity index (χ0) is 18.5. The van der Waals surface area contributed by atoms with Gasteiger partial charge in [-0.05, 0) is 18.4 Å². The van der Waals surface area contributed by atoms with Gasteiger partial charge in [0.05, 0.1) is 5.69 Å². The average Bonchev–Trinajstić information content (AvgIpc) is 3.14. The second-order valence-electron chi connectivity index (χ2n) is 7.76. The summed E-state index contributed by atoms with van der Waals surface area (Å²) >= 11 is 0. The summed E-state index contributed by atoms with van der Waals surface area (Å²) in [7, 11) is 0. The van der Waals surface area contributed by atoms with Gasteiger partial charge in [0, 0.05) is 47.8 Å². The summed E-state index contributed by atoms with van der Waals surface area (Å²) in [6, 6.07) is 1.50. The highest BCUT2D eigenvalue weighted by Gasteiger charge is 2.14. The van der Waals surface area contributed by atoms with Crippen molar-refractivity contribution in [2.75, 3.05) is 11.9 Å². The van der Waals surface area contributed by atoms with Crippen molar-refractivity contribution in [2.24, 2.45) is 5.41 Å². The maximum absolute atomic E-state index is 14.4. The number of aromatic amines is 1. The normalized spacial score (nSPS) is 12.2. The van der Waals surface area contributed by atoms with Crippen molar-refractivity contribution in [1.82, 2.24) is 24.3 Å². The number of halogens is 1. The highest BCUT2D eigenvalue weighted by atomic mass is 19.1. The first-order valence-electron chi connectivity index (χ1n) is 8.53. The maximum atomic E-state index is 14.4. The number of anilines is 1. The molecule has 0 saturated heterocycles. The number of aromatic nitrogens is 5. The van der Waals surface area contributed by atoms with Gasteiger partial charge in [-0.2, -0.15) is 4.98 Å². The van der Waals surface area contributed by atoms with Gasteiger partial charge in [0.2, 0.25) is 5.95 Å². The van der Waals surface area contributed by atoms with Crippen LogP contribution in [-0.4, -0.2) is 30.9 Å². The number of pyridine rings is 1. The Kier molecular flexibility index (Phi) is 3.68. The van der Waals surface area contributed by atoms with E-state index < -0.39 is 0 Å². The predicted octanol–water partition coefficient (Wildman–Crippen LogP) is 4.18. The Labute approximate surface area is 150 Å². The number of rotatable bonds is 3. The van der Waals surface area contributed by atoms with Crippen molar-refractivity contribution in [3.05, 3.63) is 42.4 Å². The van der Waals surface area contributed by atoms with Crippen LogP contribution in [0.1, 0.15) is 26.5 Å². The number of hydrogen-bond acceptors (Lipinski definition) is 4. The minimum Gasteiger partial charge on any atom is -0.354 e. The summed E-state index contributed by atoms with van der Waals surface area (Å²) in [6.45, 7) is 9.06. The fourth-order valence-electron chi connectivity index (χ4n) is 2.90. The minimum absolute atomic E-state index is 0.134. The summed E-state index contributed by atoms with van der Waals surface area (Å²) in [5.74, 6) is 0.224. The van der Waals surface area contributed by atoms with E-state index >= 15 is 0 Å². The highest BCUT2D eigenvalue weighted by molar-refractivity contribution is 5.93. The Balaban J connectivity index is 1.73. The number of hydrogen-bond donors (Lipinski definition) is 2. The molecule has 4 rings (SSSR count). The lowest BCUT2D eigenvalue weighted by atomic mass is 9.97. The maximum Gasteiger partial charge on any atom is 0.224 e. The van der Waals surface area contributed by atoms with Crippen LogP contribution in [0.2, 0.25) is 0 Å². The van der Waals surface area contributed by atoms with Gasteiger partial charge >= 0.3 is 0 Å². The molecular formula is C19H21FN6. The molecule has 0 unspecified atom stereocenters. The van der Waals surface area contributed by atoms with E-state index in [9.17, 15) is 4.39 Å². The average molecular weight is 352 g/mol. The molecular weight excluding hydrogens is 331 g/mol. The van der Waals surface area contributed by atoms with E-state index in [4.69, 9.17) is 0 Å². The molecule has 0 spiro atoms. The second-order valence-corrected chi connectivity index (χ2v) is 7.76. The molecule has 0 bridgehead atoms. The van der Waals surface area contributed by atoms with Crippen molar-refractivity contribution in [1.29, 1.82) is 0 Å². The van der Waals surface area contributed by atoms with Crippen molar-refractivity contribution < 1.29 is 4.39 Å². The van der Waals surface area contributed by atoms with Gasteiger partial charge in [0.1, 0.15) is 5.65 Å². The highest BCUT2D eigenvalue weighted by Crippen LogP contribution is 2.29. The van der Waals surface area contributed by atoms with Gasteiger partial charge in [-0.15, -0.1) is 0 Å². The molecule has 7 heteroatoms. The Morgan fingerprint density at radius 1 is 1.23 bits per heavy atom. The zero-order valence-corrected chi connectivity index (χ0v) is 15.3. The van der Waals surface area contributed by atoms with Crippen LogP contribution < -0.4 is 5.32 Å². The number of imidazole rings is 1. The first kappa shape index (κ1) is 16.5. The molecule has 0 amide bonds. The monoisotopic (exact) mass is 352 g/mol. The summed E-state index contributed by atoms with van der Waals surface area (Å²) < 4.78 is 16.1. The van der Waals surface area contributed by atoms with Crippen molar-refractivity contribution >= 4 is 22.6 Å². The van der Waals surface area contributed by atoms with E-state index in [1.54, 1.807) is 10.6 Å². The smallest absolute Gasteiger partial charge is 0.224 e. The summed E-state index contributed by atoms with van der Waals surface area (Å²) in [6.07, 6.45) is 7.27. The Morgan fingerprint density at radius 2 is 2.04 bits per heavy atom. The lowest BCUT2D eigenvalue weighted by Gasteiger charge is -2.18. The molecule has 134 valence electrons. The number of aryl methyl sites for hydroxylation is 1. The van der Waals surface area contributed by atoms with Crippen LogP contribution >= 0.6 is 0 Å². The Hall–Kier alpha value is -2.96. The SMILES string of the molecule is Cc1cn2cc(-c3c[nH]c4nc(NCC(C)(C)C)ncc34)cc(F)c2n1. The number of nitrogens with one attached hydrogen (secondary N) is 2. The summed E-state index contributed by atoms with van der Waals surface area (Å²) in [5, 5.41) is 4.10. The lowest BCUT2D eigenvalue weighted by molar-refractivity contribution is 0.442. The van der Waals surface area contributed by atoms with Crippen LogP contribution in [0.5, 0.6) is 0 Å². The van der Waals surface area contributed by atoms with Crippen LogP contribution in [0.25, 0.3) is 27.8 Å². The van der Waals surface area contributed by atoms with Gasteiger partial charge in [-0.3, -0.25) is 0 Å². The molecule has 0 radical (unpaired) electrons. The zero-order valence-electron chi connectivity index (χ0n) is 15.3. The molecule has 4 heterocycles. The van der Waals surface area contributed by atoms with E-state index in [1.807, 2.05) is 25.5 Å². The first-order chi connectivity index (χ1) is 12.3. The Morgan fingerprint density at radius 3 is 2.81 bits per heavy atom. The Bertz CT molecular complexity index is 1100. The molecule has 4 aromatic rings. The van der Waals surface area contributed by atoms with Crippen LogP contribution in [0.15, 0.2) is 30.9 Å². The fraction of sp³-hybridized carbons (Fsp3) is 0.316. The summed E-state index contributed by atoms with van der Waals surface area (Å²) in [4.78, 5) is 16.3. The van der Waals surface area contributed by atoms with Crippen LogP contribution in [0.4, 0.5) is 10.3 Å². The van der Waals surface area contributed by atoms with Crippen molar-refractivity contribution in [3.8, 4) is 11.1 Å². The van der Waals surface area contributed by atoms with E-state index in [2.05, 4.69) is 46.0 Å². The number of fused-ring (bicyclic) bond motifs is 2. The van der Waals surface area contributed by atoms with Crippen LogP contribution in [-0.2, 0) is 0 Å². The van der Waals surface area contributed by atoms with Crippen LogP contribution in [0, 0.1) is 18.2 Å². The van der Waals surface area contributed by atoms with Gasteiger partial charge < -0.3 is 14.7 Å². The largest absolute Gasteiger partial charge is 0.354 e. The quantitative estimate of drug-likeness (QED) is 0.580. The van der Waals surface area contributed by atoms with Gasteiger partial charge in [0.25, 0.3) is 0 Å². The van der Waals surface area contributed by atoms with E-state index in [0.717, 1.165) is 28.8 Å². The molecule has 0 atom stereocenters. The molecule has 2 N–H and O–H groups in total. The molecule has 0 aromatic carbocycles. The molecule has 0 aliphatic rings. The molecule has 4 aromatic heterocycles. The number of nitrogens with zero attached hydrogens (tertiary/aromatic N) is 4. The first-order valence-corrected chi connectivity index (χ1v) is 8.53. The second kappa shape index (κ2) is 5.79. The summed E-state index contributed by atoms with van der Waals surface area (Å²) in [5.41, 5.74) is 3.56. The third-order valence-corrected chi connectivity index (χ3v) is 4.15. The fourth-order valence-corrected chi connectivity index (χ4v) is 2.90.